The minimum absolute atomic E-state index is 0.0285. The van der Waals surface area contributed by atoms with Crippen LogP contribution in [0.2, 0.25) is 0 Å². The summed E-state index contributed by atoms with van der Waals surface area (Å²) in [5.41, 5.74) is 5.71. The first-order valence-corrected chi connectivity index (χ1v) is 5.57. The molecule has 0 aromatic heterocycles. The summed E-state index contributed by atoms with van der Waals surface area (Å²) < 4.78 is 11.2. The van der Waals surface area contributed by atoms with Gasteiger partial charge in [0.05, 0.1) is 6.61 Å². The molecule has 0 spiro atoms. The van der Waals surface area contributed by atoms with Gasteiger partial charge in [-0.15, -0.1) is 0 Å². The Labute approximate surface area is 86.9 Å². The van der Waals surface area contributed by atoms with E-state index in [-0.39, 0.29) is 11.7 Å². The summed E-state index contributed by atoms with van der Waals surface area (Å²) in [6, 6.07) is 0. The molecule has 14 heavy (non-hydrogen) atoms. The van der Waals surface area contributed by atoms with Crippen LogP contribution in [0.25, 0.3) is 0 Å². The summed E-state index contributed by atoms with van der Waals surface area (Å²) in [6.07, 6.45) is 4.47. The van der Waals surface area contributed by atoms with Crippen LogP contribution in [0.15, 0.2) is 0 Å². The highest BCUT2D eigenvalue weighted by Crippen LogP contribution is 2.22. The Hall–Kier alpha value is -0.120. The van der Waals surface area contributed by atoms with Crippen molar-refractivity contribution in [1.82, 2.24) is 0 Å². The van der Waals surface area contributed by atoms with Crippen molar-refractivity contribution >= 4 is 0 Å². The van der Waals surface area contributed by atoms with E-state index in [1.54, 1.807) is 0 Å². The topological polar surface area (TPSA) is 44.5 Å². The third-order valence-corrected chi connectivity index (χ3v) is 2.62. The molecular formula is C11H23NO2. The fraction of sp³-hybridized carbons (Fsp3) is 1.00. The molecule has 1 saturated heterocycles. The first-order chi connectivity index (χ1) is 6.64. The average Bonchev–Trinajstić information content (AvgIpc) is 2.17. The van der Waals surface area contributed by atoms with Gasteiger partial charge in [-0.25, -0.2) is 0 Å². The lowest BCUT2D eigenvalue weighted by Gasteiger charge is -2.29. The molecule has 3 nitrogen and oxygen atoms in total. The van der Waals surface area contributed by atoms with Gasteiger partial charge in [-0.2, -0.15) is 0 Å². The maximum Gasteiger partial charge on any atom is 0.157 e. The van der Waals surface area contributed by atoms with Crippen LogP contribution in [0.3, 0.4) is 0 Å². The van der Waals surface area contributed by atoms with Crippen molar-refractivity contribution < 1.29 is 9.47 Å². The van der Waals surface area contributed by atoms with E-state index in [0.717, 1.165) is 32.6 Å². The van der Waals surface area contributed by atoms with E-state index in [0.29, 0.717) is 0 Å². The smallest absolute Gasteiger partial charge is 0.157 e. The van der Waals surface area contributed by atoms with Crippen molar-refractivity contribution in [2.45, 2.75) is 45.8 Å². The minimum atomic E-state index is 0.0285. The molecule has 0 aromatic carbocycles. The summed E-state index contributed by atoms with van der Waals surface area (Å²) in [7, 11) is 0. The molecule has 84 valence electrons. The van der Waals surface area contributed by atoms with Gasteiger partial charge in [0, 0.05) is 6.61 Å². The molecule has 1 aliphatic rings. The van der Waals surface area contributed by atoms with E-state index in [1.165, 1.54) is 12.8 Å². The number of hydrogen-bond acceptors (Lipinski definition) is 3. The Morgan fingerprint density at radius 2 is 2.21 bits per heavy atom. The molecule has 0 saturated carbocycles. The molecule has 0 radical (unpaired) electrons. The lowest BCUT2D eigenvalue weighted by atomic mass is 9.91. The molecule has 1 aliphatic heterocycles. The normalized spacial score (nSPS) is 23.8. The average molecular weight is 201 g/mol. The SMILES string of the molecule is CC(C)(CCN)COC1CCCCO1. The van der Waals surface area contributed by atoms with Crippen molar-refractivity contribution in [3.8, 4) is 0 Å². The Morgan fingerprint density at radius 1 is 1.43 bits per heavy atom. The highest BCUT2D eigenvalue weighted by atomic mass is 16.7. The quantitative estimate of drug-likeness (QED) is 0.739. The molecule has 1 fully saturated rings. The lowest BCUT2D eigenvalue weighted by Crippen LogP contribution is -2.29. The predicted molar refractivity (Wildman–Crippen MR) is 57.0 cm³/mol. The molecule has 2 N–H and O–H groups in total. The Balaban J connectivity index is 2.17. The van der Waals surface area contributed by atoms with E-state index in [1.807, 2.05) is 0 Å². The van der Waals surface area contributed by atoms with E-state index in [9.17, 15) is 0 Å². The number of hydrogen-bond donors (Lipinski definition) is 1. The fourth-order valence-corrected chi connectivity index (χ4v) is 1.62. The molecule has 3 heteroatoms. The highest BCUT2D eigenvalue weighted by Gasteiger charge is 2.21. The molecule has 0 bridgehead atoms. The summed E-state index contributed by atoms with van der Waals surface area (Å²) in [5, 5.41) is 0. The predicted octanol–water partition coefficient (Wildman–Crippen LogP) is 1.90. The standard InChI is InChI=1S/C11H23NO2/c1-11(2,6-7-12)9-14-10-5-3-4-8-13-10/h10H,3-9,12H2,1-2H3. The Morgan fingerprint density at radius 3 is 2.79 bits per heavy atom. The number of ether oxygens (including phenoxy) is 2. The zero-order valence-corrected chi connectivity index (χ0v) is 9.42. The van der Waals surface area contributed by atoms with Crippen molar-refractivity contribution in [1.29, 1.82) is 0 Å². The van der Waals surface area contributed by atoms with Crippen molar-refractivity contribution in [2.24, 2.45) is 11.1 Å². The molecule has 1 atom stereocenters. The largest absolute Gasteiger partial charge is 0.353 e. The summed E-state index contributed by atoms with van der Waals surface area (Å²) in [6.45, 7) is 6.68. The highest BCUT2D eigenvalue weighted by molar-refractivity contribution is 4.68. The van der Waals surface area contributed by atoms with Gasteiger partial charge < -0.3 is 15.2 Å². The molecule has 0 aromatic rings. The Bertz CT molecular complexity index is 153. The van der Waals surface area contributed by atoms with Crippen molar-refractivity contribution in [3.05, 3.63) is 0 Å². The van der Waals surface area contributed by atoms with Crippen LogP contribution in [0, 0.1) is 5.41 Å². The second-order valence-electron chi connectivity index (χ2n) is 4.81. The van der Waals surface area contributed by atoms with Crippen molar-refractivity contribution in [3.63, 3.8) is 0 Å². The second kappa shape index (κ2) is 5.69. The van der Waals surface area contributed by atoms with Gasteiger partial charge in [0.1, 0.15) is 0 Å². The molecule has 1 rings (SSSR count). The molecule has 0 amide bonds. The maximum absolute atomic E-state index is 5.72. The molecule has 1 heterocycles. The van der Waals surface area contributed by atoms with Gasteiger partial charge in [0.2, 0.25) is 0 Å². The van der Waals surface area contributed by atoms with Gasteiger partial charge in [-0.05, 0) is 37.6 Å². The van der Waals surface area contributed by atoms with Crippen LogP contribution in [0.4, 0.5) is 0 Å². The van der Waals surface area contributed by atoms with Gasteiger partial charge >= 0.3 is 0 Å². The van der Waals surface area contributed by atoms with Crippen LogP contribution in [-0.4, -0.2) is 26.0 Å². The maximum atomic E-state index is 5.72. The molecular weight excluding hydrogens is 178 g/mol. The van der Waals surface area contributed by atoms with Crippen LogP contribution in [0.1, 0.15) is 39.5 Å². The van der Waals surface area contributed by atoms with Crippen LogP contribution in [0.5, 0.6) is 0 Å². The van der Waals surface area contributed by atoms with Crippen LogP contribution < -0.4 is 5.73 Å². The fourth-order valence-electron chi connectivity index (χ4n) is 1.62. The summed E-state index contributed by atoms with van der Waals surface area (Å²) in [4.78, 5) is 0. The van der Waals surface area contributed by atoms with E-state index in [2.05, 4.69) is 13.8 Å². The molecule has 0 aliphatic carbocycles. The summed E-state index contributed by atoms with van der Waals surface area (Å²) in [5.74, 6) is 0. The van der Waals surface area contributed by atoms with E-state index >= 15 is 0 Å². The van der Waals surface area contributed by atoms with Crippen LogP contribution in [-0.2, 0) is 9.47 Å². The first-order valence-electron chi connectivity index (χ1n) is 5.57. The van der Waals surface area contributed by atoms with Crippen LogP contribution >= 0.6 is 0 Å². The number of nitrogens with two attached hydrogens (primary N) is 1. The third kappa shape index (κ3) is 4.40. The monoisotopic (exact) mass is 201 g/mol. The molecule has 1 unspecified atom stereocenters. The van der Waals surface area contributed by atoms with E-state index < -0.39 is 0 Å². The zero-order chi connectivity index (χ0) is 10.4. The van der Waals surface area contributed by atoms with E-state index in [4.69, 9.17) is 15.2 Å². The zero-order valence-electron chi connectivity index (χ0n) is 9.42. The van der Waals surface area contributed by atoms with Gasteiger partial charge in [-0.3, -0.25) is 0 Å². The lowest BCUT2D eigenvalue weighted by molar-refractivity contribution is -0.176. The van der Waals surface area contributed by atoms with Gasteiger partial charge in [0.15, 0.2) is 6.29 Å². The Kier molecular flexibility index (Phi) is 4.85. The summed E-state index contributed by atoms with van der Waals surface area (Å²) >= 11 is 0. The minimum Gasteiger partial charge on any atom is -0.353 e. The third-order valence-electron chi connectivity index (χ3n) is 2.62. The second-order valence-corrected chi connectivity index (χ2v) is 4.81. The van der Waals surface area contributed by atoms with Gasteiger partial charge in [0.25, 0.3) is 0 Å². The first kappa shape index (κ1) is 12.0. The van der Waals surface area contributed by atoms with Gasteiger partial charge in [-0.1, -0.05) is 13.8 Å². The van der Waals surface area contributed by atoms with Crippen molar-refractivity contribution in [2.75, 3.05) is 19.8 Å². The number of rotatable bonds is 5.